The number of benzene rings is 1. The number of nitrogens with one attached hydrogen (secondary N) is 2. The highest BCUT2D eigenvalue weighted by molar-refractivity contribution is 9.10. The van der Waals surface area contributed by atoms with E-state index >= 15 is 0 Å². The molecule has 0 aromatic heterocycles. The van der Waals surface area contributed by atoms with Crippen LogP contribution >= 0.6 is 15.9 Å². The summed E-state index contributed by atoms with van der Waals surface area (Å²) in [5.41, 5.74) is 0.309. The molecule has 0 fully saturated rings. The summed E-state index contributed by atoms with van der Waals surface area (Å²) in [6.45, 7) is 5.67. The molecular formula is C14H19BrN2O3. The number of anilines is 1. The van der Waals surface area contributed by atoms with Crippen molar-refractivity contribution < 1.29 is 14.7 Å². The van der Waals surface area contributed by atoms with Crippen molar-refractivity contribution in [3.05, 3.63) is 28.7 Å². The molecule has 6 heteroatoms. The molecule has 0 saturated heterocycles. The Labute approximate surface area is 126 Å². The fourth-order valence-corrected chi connectivity index (χ4v) is 1.87. The van der Waals surface area contributed by atoms with Gasteiger partial charge in [0.15, 0.2) is 0 Å². The lowest BCUT2D eigenvalue weighted by atomic mass is 9.85. The van der Waals surface area contributed by atoms with Crippen molar-refractivity contribution in [3.8, 4) is 0 Å². The Bertz CT molecular complexity index is 480. The molecule has 0 bridgehead atoms. The van der Waals surface area contributed by atoms with Crippen molar-refractivity contribution >= 4 is 33.6 Å². The maximum atomic E-state index is 11.9. The van der Waals surface area contributed by atoms with Crippen molar-refractivity contribution in [2.24, 2.45) is 5.41 Å². The summed E-state index contributed by atoms with van der Waals surface area (Å²) in [6, 6.07) is 6.28. The second-order valence-corrected chi connectivity index (χ2v) is 6.54. The van der Waals surface area contributed by atoms with E-state index < -0.39 is 18.0 Å². The Morgan fingerprint density at radius 2 is 1.80 bits per heavy atom. The number of urea groups is 1. The molecule has 1 rings (SSSR count). The second kappa shape index (κ2) is 6.74. The number of hydrogen-bond donors (Lipinski definition) is 3. The van der Waals surface area contributed by atoms with E-state index in [1.54, 1.807) is 12.1 Å². The third-order valence-corrected chi connectivity index (χ3v) is 3.36. The molecule has 0 spiro atoms. The first kappa shape index (κ1) is 16.5. The SMILES string of the molecule is CC(C)(C)C(CC(=O)O)NC(=O)Nc1ccc(Br)cc1. The van der Waals surface area contributed by atoms with Crippen LogP contribution in [-0.2, 0) is 4.79 Å². The summed E-state index contributed by atoms with van der Waals surface area (Å²) >= 11 is 3.31. The molecule has 1 atom stereocenters. The number of amides is 2. The van der Waals surface area contributed by atoms with E-state index in [-0.39, 0.29) is 11.8 Å². The Morgan fingerprint density at radius 1 is 1.25 bits per heavy atom. The van der Waals surface area contributed by atoms with Gasteiger partial charge in [0.05, 0.1) is 6.42 Å². The van der Waals surface area contributed by atoms with Crippen LogP contribution in [0.25, 0.3) is 0 Å². The molecule has 110 valence electrons. The standard InChI is InChI=1S/C14H19BrN2O3/c1-14(2,3)11(8-12(18)19)17-13(20)16-10-6-4-9(15)5-7-10/h4-7,11H,8H2,1-3H3,(H,18,19)(H2,16,17,20). The lowest BCUT2D eigenvalue weighted by Gasteiger charge is -2.30. The third-order valence-electron chi connectivity index (χ3n) is 2.83. The fraction of sp³-hybridized carbons (Fsp3) is 0.429. The number of hydrogen-bond acceptors (Lipinski definition) is 2. The topological polar surface area (TPSA) is 78.4 Å². The van der Waals surface area contributed by atoms with Crippen LogP contribution < -0.4 is 10.6 Å². The molecular weight excluding hydrogens is 324 g/mol. The Morgan fingerprint density at radius 3 is 2.25 bits per heavy atom. The first-order valence-electron chi connectivity index (χ1n) is 6.23. The normalized spacial score (nSPS) is 12.6. The highest BCUT2D eigenvalue weighted by atomic mass is 79.9. The number of halogens is 1. The number of aliphatic carboxylic acids is 1. The van der Waals surface area contributed by atoms with Crippen LogP contribution in [0, 0.1) is 5.41 Å². The highest BCUT2D eigenvalue weighted by Crippen LogP contribution is 2.22. The maximum Gasteiger partial charge on any atom is 0.319 e. The van der Waals surface area contributed by atoms with Gasteiger partial charge in [-0.05, 0) is 29.7 Å². The smallest absolute Gasteiger partial charge is 0.319 e. The van der Waals surface area contributed by atoms with Crippen molar-refractivity contribution in [1.29, 1.82) is 0 Å². The van der Waals surface area contributed by atoms with Gasteiger partial charge in [-0.25, -0.2) is 4.79 Å². The lowest BCUT2D eigenvalue weighted by molar-refractivity contribution is -0.138. The van der Waals surface area contributed by atoms with Gasteiger partial charge in [0.25, 0.3) is 0 Å². The predicted octanol–water partition coefficient (Wildman–Crippen LogP) is 3.46. The quantitative estimate of drug-likeness (QED) is 0.783. The number of carbonyl (C=O) groups excluding carboxylic acids is 1. The Kier molecular flexibility index (Phi) is 5.56. The zero-order valence-electron chi connectivity index (χ0n) is 11.7. The second-order valence-electron chi connectivity index (χ2n) is 5.62. The fourth-order valence-electron chi connectivity index (χ4n) is 1.61. The summed E-state index contributed by atoms with van der Waals surface area (Å²) < 4.78 is 0.918. The Hall–Kier alpha value is -1.56. The first-order valence-corrected chi connectivity index (χ1v) is 7.02. The van der Waals surface area contributed by atoms with Gasteiger partial charge in [-0.1, -0.05) is 36.7 Å². The summed E-state index contributed by atoms with van der Waals surface area (Å²) in [7, 11) is 0. The van der Waals surface area contributed by atoms with Crippen molar-refractivity contribution in [2.75, 3.05) is 5.32 Å². The van der Waals surface area contributed by atoms with Crippen molar-refractivity contribution in [1.82, 2.24) is 5.32 Å². The van der Waals surface area contributed by atoms with Gasteiger partial charge < -0.3 is 15.7 Å². The highest BCUT2D eigenvalue weighted by Gasteiger charge is 2.28. The van der Waals surface area contributed by atoms with Gasteiger partial charge >= 0.3 is 12.0 Å². The van der Waals surface area contributed by atoms with E-state index in [9.17, 15) is 9.59 Å². The van der Waals surface area contributed by atoms with Crippen LogP contribution in [-0.4, -0.2) is 23.1 Å². The van der Waals surface area contributed by atoms with Gasteiger partial charge in [-0.3, -0.25) is 4.79 Å². The molecule has 1 aromatic carbocycles. The zero-order valence-corrected chi connectivity index (χ0v) is 13.3. The number of carboxylic acid groups (broad SMARTS) is 1. The molecule has 3 N–H and O–H groups in total. The van der Waals surface area contributed by atoms with E-state index in [4.69, 9.17) is 5.11 Å². The maximum absolute atomic E-state index is 11.9. The molecule has 0 aliphatic carbocycles. The minimum atomic E-state index is -0.936. The average Bonchev–Trinajstić information content (AvgIpc) is 2.29. The molecule has 1 aromatic rings. The van der Waals surface area contributed by atoms with E-state index in [0.717, 1.165) is 4.47 Å². The number of rotatable bonds is 4. The van der Waals surface area contributed by atoms with Gasteiger partial charge in [0.1, 0.15) is 0 Å². The number of carbonyl (C=O) groups is 2. The molecule has 0 saturated carbocycles. The average molecular weight is 343 g/mol. The molecule has 5 nitrogen and oxygen atoms in total. The van der Waals surface area contributed by atoms with Crippen LogP contribution in [0.15, 0.2) is 28.7 Å². The Balaban J connectivity index is 2.66. The van der Waals surface area contributed by atoms with Crippen LogP contribution in [0.5, 0.6) is 0 Å². The number of carboxylic acids is 1. The van der Waals surface area contributed by atoms with Crippen LogP contribution in [0.2, 0.25) is 0 Å². The lowest BCUT2D eigenvalue weighted by Crippen LogP contribution is -2.46. The molecule has 20 heavy (non-hydrogen) atoms. The minimum absolute atomic E-state index is 0.114. The van der Waals surface area contributed by atoms with Crippen molar-refractivity contribution in [3.63, 3.8) is 0 Å². The monoisotopic (exact) mass is 342 g/mol. The van der Waals surface area contributed by atoms with Crippen LogP contribution in [0.4, 0.5) is 10.5 Å². The predicted molar refractivity (Wildman–Crippen MR) is 81.8 cm³/mol. The zero-order chi connectivity index (χ0) is 15.3. The van der Waals surface area contributed by atoms with E-state index in [0.29, 0.717) is 5.69 Å². The molecule has 0 heterocycles. The summed E-state index contributed by atoms with van der Waals surface area (Å²) in [4.78, 5) is 22.8. The van der Waals surface area contributed by atoms with Crippen LogP contribution in [0.3, 0.4) is 0 Å². The third kappa shape index (κ3) is 5.61. The van der Waals surface area contributed by atoms with Gasteiger partial charge in [-0.2, -0.15) is 0 Å². The summed E-state index contributed by atoms with van der Waals surface area (Å²) in [6.07, 6.45) is -0.114. The van der Waals surface area contributed by atoms with Gasteiger partial charge in [0.2, 0.25) is 0 Å². The van der Waals surface area contributed by atoms with Crippen molar-refractivity contribution in [2.45, 2.75) is 33.2 Å². The first-order chi connectivity index (χ1) is 9.18. The molecule has 0 radical (unpaired) electrons. The van der Waals surface area contributed by atoms with E-state index in [1.165, 1.54) is 0 Å². The van der Waals surface area contributed by atoms with E-state index in [2.05, 4.69) is 26.6 Å². The van der Waals surface area contributed by atoms with Gasteiger partial charge in [0, 0.05) is 16.2 Å². The molecule has 2 amide bonds. The largest absolute Gasteiger partial charge is 0.481 e. The van der Waals surface area contributed by atoms with E-state index in [1.807, 2.05) is 32.9 Å². The molecule has 0 aliphatic rings. The minimum Gasteiger partial charge on any atom is -0.481 e. The molecule has 0 aliphatic heterocycles. The van der Waals surface area contributed by atoms with Crippen LogP contribution in [0.1, 0.15) is 27.2 Å². The molecule has 1 unspecified atom stereocenters. The summed E-state index contributed by atoms with van der Waals surface area (Å²) in [5.74, 6) is -0.936. The summed E-state index contributed by atoms with van der Waals surface area (Å²) in [5, 5.41) is 14.3. The van der Waals surface area contributed by atoms with Gasteiger partial charge in [-0.15, -0.1) is 0 Å².